The van der Waals surface area contributed by atoms with Gasteiger partial charge in [-0.15, -0.1) is 0 Å². The second-order valence-corrected chi connectivity index (χ2v) is 5.31. The summed E-state index contributed by atoms with van der Waals surface area (Å²) in [6, 6.07) is 6.41. The Balaban J connectivity index is 2.24. The summed E-state index contributed by atoms with van der Waals surface area (Å²) in [5.41, 5.74) is 0.0961. The van der Waals surface area contributed by atoms with Crippen molar-refractivity contribution in [1.82, 2.24) is 5.32 Å². The number of carboxylic acid groups (broad SMARTS) is 1. The normalized spacial score (nSPS) is 25.3. The van der Waals surface area contributed by atoms with Crippen LogP contribution >= 0.6 is 0 Å². The summed E-state index contributed by atoms with van der Waals surface area (Å²) < 4.78 is 5.50. The SMILES string of the molecule is CCCOc1ccc(C2(C)CC(=O)NC2C(=O)O)cc1. The first-order valence-electron chi connectivity index (χ1n) is 6.73. The highest BCUT2D eigenvalue weighted by molar-refractivity contribution is 5.90. The van der Waals surface area contributed by atoms with Gasteiger partial charge in [0.15, 0.2) is 0 Å². The highest BCUT2D eigenvalue weighted by Crippen LogP contribution is 2.36. The van der Waals surface area contributed by atoms with Gasteiger partial charge in [0, 0.05) is 11.8 Å². The average Bonchev–Trinajstić information content (AvgIpc) is 2.73. The number of nitrogens with one attached hydrogen (secondary N) is 1. The van der Waals surface area contributed by atoms with Gasteiger partial charge in [0.2, 0.25) is 5.91 Å². The zero-order valence-electron chi connectivity index (χ0n) is 11.7. The van der Waals surface area contributed by atoms with Gasteiger partial charge in [0.1, 0.15) is 11.8 Å². The minimum Gasteiger partial charge on any atom is -0.494 e. The van der Waals surface area contributed by atoms with Crippen LogP contribution < -0.4 is 10.1 Å². The first kappa shape index (κ1) is 14.4. The standard InChI is InChI=1S/C15H19NO4/c1-3-8-20-11-6-4-10(5-7-11)15(2)9-12(17)16-13(15)14(18)19/h4-7,13H,3,8-9H2,1-2H3,(H,16,17)(H,18,19). The molecule has 1 fully saturated rings. The minimum atomic E-state index is -1.01. The Morgan fingerprint density at radius 2 is 2.10 bits per heavy atom. The third kappa shape index (κ3) is 2.61. The molecule has 0 aliphatic carbocycles. The van der Waals surface area contributed by atoms with E-state index in [-0.39, 0.29) is 12.3 Å². The molecule has 2 rings (SSSR count). The van der Waals surface area contributed by atoms with E-state index in [2.05, 4.69) is 5.32 Å². The van der Waals surface area contributed by atoms with Crippen LogP contribution in [-0.4, -0.2) is 29.6 Å². The average molecular weight is 277 g/mol. The van der Waals surface area contributed by atoms with Crippen molar-refractivity contribution in [2.45, 2.75) is 38.1 Å². The van der Waals surface area contributed by atoms with E-state index in [1.54, 1.807) is 6.92 Å². The maximum absolute atomic E-state index is 11.6. The number of hydrogen-bond donors (Lipinski definition) is 2. The molecule has 0 saturated carbocycles. The number of carbonyl (C=O) groups is 2. The van der Waals surface area contributed by atoms with Crippen molar-refractivity contribution in [2.24, 2.45) is 0 Å². The van der Waals surface area contributed by atoms with E-state index in [0.717, 1.165) is 17.7 Å². The first-order chi connectivity index (χ1) is 9.47. The second kappa shape index (κ2) is 5.53. The van der Waals surface area contributed by atoms with Crippen LogP contribution in [0.3, 0.4) is 0 Å². The topological polar surface area (TPSA) is 75.6 Å². The molecule has 1 aromatic carbocycles. The van der Waals surface area contributed by atoms with Gasteiger partial charge in [-0.25, -0.2) is 4.79 Å². The van der Waals surface area contributed by atoms with Gasteiger partial charge in [-0.1, -0.05) is 26.0 Å². The van der Waals surface area contributed by atoms with Crippen molar-refractivity contribution in [1.29, 1.82) is 0 Å². The van der Waals surface area contributed by atoms with Crippen LogP contribution in [0.2, 0.25) is 0 Å². The Labute approximate surface area is 117 Å². The summed E-state index contributed by atoms with van der Waals surface area (Å²) in [6.45, 7) is 4.47. The first-order valence-corrected chi connectivity index (χ1v) is 6.73. The number of aliphatic carboxylic acids is 1. The molecule has 0 radical (unpaired) electrons. The fourth-order valence-corrected chi connectivity index (χ4v) is 2.56. The van der Waals surface area contributed by atoms with Crippen LogP contribution in [0.4, 0.5) is 0 Å². The van der Waals surface area contributed by atoms with Crippen LogP contribution in [-0.2, 0) is 15.0 Å². The Bertz CT molecular complexity index is 511. The summed E-state index contributed by atoms with van der Waals surface area (Å²) >= 11 is 0. The molecule has 2 atom stereocenters. The predicted octanol–water partition coefficient (Wildman–Crippen LogP) is 1.71. The summed E-state index contributed by atoms with van der Waals surface area (Å²) in [5, 5.41) is 11.8. The largest absolute Gasteiger partial charge is 0.494 e. The minimum absolute atomic E-state index is 0.180. The fraction of sp³-hybridized carbons (Fsp3) is 0.467. The van der Waals surface area contributed by atoms with Crippen molar-refractivity contribution in [3.8, 4) is 5.75 Å². The van der Waals surface area contributed by atoms with Crippen molar-refractivity contribution in [3.63, 3.8) is 0 Å². The summed E-state index contributed by atoms with van der Waals surface area (Å²) in [4.78, 5) is 22.9. The van der Waals surface area contributed by atoms with E-state index < -0.39 is 17.4 Å². The second-order valence-electron chi connectivity index (χ2n) is 5.31. The lowest BCUT2D eigenvalue weighted by Gasteiger charge is -2.27. The van der Waals surface area contributed by atoms with Crippen LogP contribution in [0, 0.1) is 0 Å². The molecule has 1 aliphatic heterocycles. The van der Waals surface area contributed by atoms with E-state index in [1.807, 2.05) is 31.2 Å². The molecular weight excluding hydrogens is 258 g/mol. The molecule has 0 bridgehead atoms. The van der Waals surface area contributed by atoms with Crippen LogP contribution in [0.15, 0.2) is 24.3 Å². The molecule has 1 saturated heterocycles. The summed E-state index contributed by atoms with van der Waals surface area (Å²) in [5.74, 6) is -0.487. The van der Waals surface area contributed by atoms with Crippen molar-refractivity contribution in [3.05, 3.63) is 29.8 Å². The van der Waals surface area contributed by atoms with Gasteiger partial charge in [-0.3, -0.25) is 4.79 Å². The molecular formula is C15H19NO4. The summed E-state index contributed by atoms with van der Waals surface area (Å²) in [6.07, 6.45) is 1.11. The zero-order valence-corrected chi connectivity index (χ0v) is 11.7. The highest BCUT2D eigenvalue weighted by Gasteiger charge is 2.48. The van der Waals surface area contributed by atoms with Crippen molar-refractivity contribution >= 4 is 11.9 Å². The number of carbonyl (C=O) groups excluding carboxylic acids is 1. The molecule has 1 aromatic rings. The zero-order chi connectivity index (χ0) is 14.8. The van der Waals surface area contributed by atoms with Crippen molar-refractivity contribution < 1.29 is 19.4 Å². The molecule has 5 nitrogen and oxygen atoms in total. The van der Waals surface area contributed by atoms with Crippen LogP contribution in [0.1, 0.15) is 32.3 Å². The lowest BCUT2D eigenvalue weighted by atomic mass is 9.76. The Morgan fingerprint density at radius 1 is 1.45 bits per heavy atom. The maximum atomic E-state index is 11.6. The van der Waals surface area contributed by atoms with Gasteiger partial charge >= 0.3 is 5.97 Å². The molecule has 20 heavy (non-hydrogen) atoms. The molecule has 0 spiro atoms. The smallest absolute Gasteiger partial charge is 0.327 e. The Hall–Kier alpha value is -2.04. The molecule has 1 amide bonds. The van der Waals surface area contributed by atoms with Crippen LogP contribution in [0.25, 0.3) is 0 Å². The molecule has 1 aliphatic rings. The predicted molar refractivity (Wildman–Crippen MR) is 73.8 cm³/mol. The van der Waals surface area contributed by atoms with E-state index in [1.165, 1.54) is 0 Å². The van der Waals surface area contributed by atoms with Gasteiger partial charge in [-0.05, 0) is 24.1 Å². The molecule has 1 heterocycles. The highest BCUT2D eigenvalue weighted by atomic mass is 16.5. The third-order valence-electron chi connectivity index (χ3n) is 3.70. The number of rotatable bonds is 5. The van der Waals surface area contributed by atoms with Crippen LogP contribution in [0.5, 0.6) is 5.75 Å². The number of benzene rings is 1. The van der Waals surface area contributed by atoms with E-state index in [4.69, 9.17) is 4.74 Å². The number of ether oxygens (including phenoxy) is 1. The Kier molecular flexibility index (Phi) is 3.97. The van der Waals surface area contributed by atoms with Gasteiger partial charge in [0.05, 0.1) is 6.61 Å². The van der Waals surface area contributed by atoms with Crippen molar-refractivity contribution in [2.75, 3.05) is 6.61 Å². The maximum Gasteiger partial charge on any atom is 0.327 e. The Morgan fingerprint density at radius 3 is 2.65 bits per heavy atom. The number of hydrogen-bond acceptors (Lipinski definition) is 3. The van der Waals surface area contributed by atoms with E-state index in [9.17, 15) is 14.7 Å². The van der Waals surface area contributed by atoms with Gasteiger partial charge in [0.25, 0.3) is 0 Å². The summed E-state index contributed by atoms with van der Waals surface area (Å²) in [7, 11) is 0. The van der Waals surface area contributed by atoms with Gasteiger partial charge in [-0.2, -0.15) is 0 Å². The third-order valence-corrected chi connectivity index (χ3v) is 3.70. The molecule has 0 aromatic heterocycles. The molecule has 5 heteroatoms. The van der Waals surface area contributed by atoms with E-state index in [0.29, 0.717) is 6.61 Å². The van der Waals surface area contributed by atoms with Gasteiger partial charge < -0.3 is 15.2 Å². The quantitative estimate of drug-likeness (QED) is 0.859. The molecule has 2 unspecified atom stereocenters. The number of amides is 1. The monoisotopic (exact) mass is 277 g/mol. The van der Waals surface area contributed by atoms with E-state index >= 15 is 0 Å². The lowest BCUT2D eigenvalue weighted by molar-refractivity contribution is -0.141. The fourth-order valence-electron chi connectivity index (χ4n) is 2.56. The lowest BCUT2D eigenvalue weighted by Crippen LogP contribution is -2.44. The number of carboxylic acids is 1. The molecule has 108 valence electrons. The molecule has 2 N–H and O–H groups in total.